The van der Waals surface area contributed by atoms with Gasteiger partial charge in [0, 0.05) is 37.3 Å². The zero-order valence-electron chi connectivity index (χ0n) is 17.7. The third-order valence-corrected chi connectivity index (χ3v) is 4.71. The van der Waals surface area contributed by atoms with Crippen molar-refractivity contribution in [2.75, 3.05) is 26.2 Å². The lowest BCUT2D eigenvalue weighted by Gasteiger charge is -2.19. The lowest BCUT2D eigenvalue weighted by Crippen LogP contribution is -2.30. The fourth-order valence-corrected chi connectivity index (χ4v) is 2.99. The van der Waals surface area contributed by atoms with Gasteiger partial charge in [0.25, 0.3) is 11.8 Å². The van der Waals surface area contributed by atoms with Gasteiger partial charge in [-0.05, 0) is 64.1 Å². The molecule has 0 N–H and O–H groups in total. The molecular weight excluding hydrogens is 367 g/mol. The van der Waals surface area contributed by atoms with Gasteiger partial charge >= 0.3 is 7.69 Å². The van der Waals surface area contributed by atoms with Crippen LogP contribution in [0.5, 0.6) is 11.5 Å². The Kier molecular flexibility index (Phi) is 8.58. The Morgan fingerprint density at radius 3 is 1.45 bits per heavy atom. The van der Waals surface area contributed by atoms with Crippen LogP contribution in [-0.2, 0) is 0 Å². The topological polar surface area (TPSA) is 59.1 Å². The maximum Gasteiger partial charge on any atom is 0.576 e. The molecule has 2 aromatic rings. The van der Waals surface area contributed by atoms with E-state index in [1.54, 1.807) is 58.3 Å². The van der Waals surface area contributed by atoms with E-state index in [0.29, 0.717) is 48.8 Å². The van der Waals surface area contributed by atoms with E-state index < -0.39 is 0 Å². The summed E-state index contributed by atoms with van der Waals surface area (Å²) in [5.74, 6) is 1.06. The van der Waals surface area contributed by atoms with Crippen LogP contribution in [0.25, 0.3) is 0 Å². The fraction of sp³-hybridized carbons (Fsp3) is 0.364. The number of benzene rings is 2. The Morgan fingerprint density at radius 2 is 1.10 bits per heavy atom. The van der Waals surface area contributed by atoms with Crippen molar-refractivity contribution in [2.24, 2.45) is 0 Å². The van der Waals surface area contributed by atoms with E-state index in [1.807, 2.05) is 27.7 Å². The zero-order chi connectivity index (χ0) is 21.2. The molecule has 0 bridgehead atoms. The van der Waals surface area contributed by atoms with E-state index in [1.165, 1.54) is 0 Å². The minimum atomic E-state index is -0.0241. The summed E-state index contributed by atoms with van der Waals surface area (Å²) < 4.78 is 11.3. The second-order valence-corrected chi connectivity index (χ2v) is 6.42. The third-order valence-electron chi connectivity index (χ3n) is 4.71. The van der Waals surface area contributed by atoms with Gasteiger partial charge in [0.05, 0.1) is 0 Å². The van der Waals surface area contributed by atoms with Gasteiger partial charge in [-0.2, -0.15) is 0 Å². The first kappa shape index (κ1) is 22.3. The first-order valence-corrected chi connectivity index (χ1v) is 10.1. The zero-order valence-corrected chi connectivity index (χ0v) is 17.7. The number of carbonyl (C=O) groups is 2. The van der Waals surface area contributed by atoms with Crippen molar-refractivity contribution in [1.29, 1.82) is 0 Å². The second kappa shape index (κ2) is 11.1. The predicted octanol–water partition coefficient (Wildman–Crippen LogP) is 3.37. The molecule has 6 nitrogen and oxygen atoms in total. The molecule has 2 aromatic carbocycles. The average Bonchev–Trinajstić information content (AvgIpc) is 2.75. The molecule has 0 aliphatic heterocycles. The van der Waals surface area contributed by atoms with Crippen LogP contribution in [0.4, 0.5) is 0 Å². The molecule has 0 heterocycles. The van der Waals surface area contributed by atoms with Crippen LogP contribution < -0.4 is 9.31 Å². The van der Waals surface area contributed by atoms with E-state index >= 15 is 0 Å². The van der Waals surface area contributed by atoms with Crippen LogP contribution in [0.1, 0.15) is 48.4 Å². The second-order valence-electron chi connectivity index (χ2n) is 6.42. The molecule has 0 radical (unpaired) electrons. The van der Waals surface area contributed by atoms with Crippen LogP contribution in [0.15, 0.2) is 48.5 Å². The first-order valence-electron chi connectivity index (χ1n) is 10.1. The highest BCUT2D eigenvalue weighted by Gasteiger charge is 2.14. The summed E-state index contributed by atoms with van der Waals surface area (Å²) in [6.45, 7) is 10.4. The lowest BCUT2D eigenvalue weighted by atomic mass is 10.1. The summed E-state index contributed by atoms with van der Waals surface area (Å²) in [5, 5.41) is 0. The number of rotatable bonds is 10. The van der Waals surface area contributed by atoms with Crippen LogP contribution in [-0.4, -0.2) is 55.5 Å². The quantitative estimate of drug-likeness (QED) is 0.578. The van der Waals surface area contributed by atoms with Crippen LogP contribution >= 0.6 is 0 Å². The van der Waals surface area contributed by atoms with Crippen molar-refractivity contribution in [2.45, 2.75) is 27.7 Å². The fourth-order valence-electron chi connectivity index (χ4n) is 2.99. The van der Waals surface area contributed by atoms with Crippen molar-refractivity contribution in [3.63, 3.8) is 0 Å². The molecule has 0 aliphatic rings. The number of nitrogens with zero attached hydrogens (tertiary/aromatic N) is 2. The van der Waals surface area contributed by atoms with E-state index in [0.717, 1.165) is 0 Å². The van der Waals surface area contributed by atoms with Gasteiger partial charge in [-0.15, -0.1) is 0 Å². The van der Waals surface area contributed by atoms with E-state index in [2.05, 4.69) is 0 Å². The highest BCUT2D eigenvalue weighted by molar-refractivity contribution is 6.20. The molecule has 7 heteroatoms. The van der Waals surface area contributed by atoms with Gasteiger partial charge in [0.1, 0.15) is 11.5 Å². The normalized spacial score (nSPS) is 10.2. The van der Waals surface area contributed by atoms with E-state index in [-0.39, 0.29) is 19.5 Å². The highest BCUT2D eigenvalue weighted by Crippen LogP contribution is 2.17. The summed E-state index contributed by atoms with van der Waals surface area (Å²) in [6, 6.07) is 14.1. The Labute approximate surface area is 173 Å². The summed E-state index contributed by atoms with van der Waals surface area (Å²) in [6.07, 6.45) is 0. The number of amides is 2. The third kappa shape index (κ3) is 6.01. The van der Waals surface area contributed by atoms with Gasteiger partial charge in [0.15, 0.2) is 0 Å². The molecule has 0 aromatic heterocycles. The monoisotopic (exact) mass is 396 g/mol. The smallest absolute Gasteiger partial charge is 0.529 e. The summed E-state index contributed by atoms with van der Waals surface area (Å²) in [5.41, 5.74) is 1.16. The molecule has 0 saturated heterocycles. The number of hydrogen-bond acceptors (Lipinski definition) is 4. The largest absolute Gasteiger partial charge is 0.576 e. The molecule has 0 fully saturated rings. The van der Waals surface area contributed by atoms with Crippen LogP contribution in [0.2, 0.25) is 0 Å². The van der Waals surface area contributed by atoms with Crippen LogP contribution in [0.3, 0.4) is 0 Å². The molecule has 154 valence electrons. The lowest BCUT2D eigenvalue weighted by molar-refractivity contribution is 0.0765. The van der Waals surface area contributed by atoms with Crippen molar-refractivity contribution in [3.05, 3.63) is 59.7 Å². The summed E-state index contributed by atoms with van der Waals surface area (Å²) in [4.78, 5) is 28.4. The van der Waals surface area contributed by atoms with Gasteiger partial charge in [-0.25, -0.2) is 0 Å². The number of hydrogen-bond donors (Lipinski definition) is 0. The molecule has 29 heavy (non-hydrogen) atoms. The van der Waals surface area contributed by atoms with E-state index in [9.17, 15) is 9.59 Å². The van der Waals surface area contributed by atoms with Crippen molar-refractivity contribution in [3.8, 4) is 11.5 Å². The maximum atomic E-state index is 12.5. The van der Waals surface area contributed by atoms with Crippen molar-refractivity contribution < 1.29 is 18.9 Å². The molecule has 0 atom stereocenters. The Bertz CT molecular complexity index is 752. The SMILES string of the molecule is CCN(CC)C(=O)c1cccc(OBOc2cccc(C(=O)N(CC)CC)c2)c1. The maximum absolute atomic E-state index is 12.5. The highest BCUT2D eigenvalue weighted by atomic mass is 16.6. The van der Waals surface area contributed by atoms with Crippen molar-refractivity contribution in [1.82, 2.24) is 9.80 Å². The van der Waals surface area contributed by atoms with Gasteiger partial charge in [-0.3, -0.25) is 9.59 Å². The predicted molar refractivity (Wildman–Crippen MR) is 116 cm³/mol. The molecule has 0 spiro atoms. The Morgan fingerprint density at radius 1 is 0.724 bits per heavy atom. The molecule has 0 aliphatic carbocycles. The van der Waals surface area contributed by atoms with Crippen molar-refractivity contribution >= 4 is 19.5 Å². The standard InChI is InChI=1S/C22H29BN2O4/c1-5-24(6-2)21(26)17-11-9-13-19(15-17)28-23-29-20-14-10-12-18(16-20)22(27)25(7-3)8-4/h9-16,23H,5-8H2,1-4H3. The van der Waals surface area contributed by atoms with Gasteiger partial charge in [-0.1, -0.05) is 12.1 Å². The Hall–Kier alpha value is -2.96. The van der Waals surface area contributed by atoms with E-state index in [4.69, 9.17) is 9.31 Å². The van der Waals surface area contributed by atoms with Crippen LogP contribution in [0, 0.1) is 0 Å². The molecule has 2 rings (SSSR count). The minimum absolute atomic E-state index is 0.0220. The molecule has 0 unspecified atom stereocenters. The average molecular weight is 396 g/mol. The van der Waals surface area contributed by atoms with Gasteiger partial charge in [0.2, 0.25) is 0 Å². The molecule has 2 amide bonds. The summed E-state index contributed by atoms with van der Waals surface area (Å²) in [7, 11) is -0.0220. The first-order chi connectivity index (χ1) is 14.0. The molecule has 0 saturated carbocycles. The summed E-state index contributed by atoms with van der Waals surface area (Å²) >= 11 is 0. The molecular formula is C22H29BN2O4. The Balaban J connectivity index is 1.98. The number of carbonyl (C=O) groups excluding carboxylic acids is 2. The van der Waals surface area contributed by atoms with Gasteiger partial charge < -0.3 is 19.1 Å². The minimum Gasteiger partial charge on any atom is -0.529 e.